The molecule has 18 heavy (non-hydrogen) atoms. The smallest absolute Gasteiger partial charge is 0.122 e. The fourth-order valence-electron chi connectivity index (χ4n) is 1.82. The molecule has 4 nitrogen and oxygen atoms in total. The largest absolute Gasteiger partial charge is 0.468 e. The first-order valence-electron chi connectivity index (χ1n) is 5.98. The van der Waals surface area contributed by atoms with Crippen LogP contribution >= 0.6 is 11.3 Å². The van der Waals surface area contributed by atoms with Gasteiger partial charge in [-0.1, -0.05) is 0 Å². The third kappa shape index (κ3) is 3.41. The summed E-state index contributed by atoms with van der Waals surface area (Å²) < 4.78 is 5.47. The Morgan fingerprint density at radius 2 is 2.33 bits per heavy atom. The van der Waals surface area contributed by atoms with Crippen molar-refractivity contribution in [1.29, 1.82) is 0 Å². The van der Waals surface area contributed by atoms with Gasteiger partial charge in [-0.2, -0.15) is 0 Å². The van der Waals surface area contributed by atoms with E-state index in [-0.39, 0.29) is 6.04 Å². The molecule has 5 heteroatoms. The molecule has 0 aromatic carbocycles. The van der Waals surface area contributed by atoms with E-state index in [1.54, 1.807) is 17.6 Å². The van der Waals surface area contributed by atoms with Crippen molar-refractivity contribution in [1.82, 2.24) is 15.2 Å². The Morgan fingerprint density at radius 1 is 1.50 bits per heavy atom. The summed E-state index contributed by atoms with van der Waals surface area (Å²) in [5.74, 6) is 0.989. The Kier molecular flexibility index (Phi) is 4.52. The molecule has 1 N–H and O–H groups in total. The highest BCUT2D eigenvalue weighted by Crippen LogP contribution is 2.17. The van der Waals surface area contributed by atoms with Crippen LogP contribution in [0.25, 0.3) is 0 Å². The maximum atomic E-state index is 5.47. The number of hydrogen-bond acceptors (Lipinski definition) is 5. The monoisotopic (exact) mass is 265 g/mol. The summed E-state index contributed by atoms with van der Waals surface area (Å²) in [5.41, 5.74) is 1.09. The van der Waals surface area contributed by atoms with Crippen molar-refractivity contribution in [2.75, 3.05) is 20.6 Å². The van der Waals surface area contributed by atoms with Gasteiger partial charge in [0.05, 0.1) is 12.3 Å². The van der Waals surface area contributed by atoms with E-state index >= 15 is 0 Å². The van der Waals surface area contributed by atoms with Crippen LogP contribution in [0.3, 0.4) is 0 Å². The normalized spacial score (nSPS) is 13.1. The molecule has 0 spiro atoms. The number of likely N-dealkylation sites (N-methyl/N-ethyl adjacent to an activating group) is 1. The Morgan fingerprint density at radius 3 is 2.89 bits per heavy atom. The standard InChI is InChI=1S/C13H19N3OS/c1-10-9-18-13(15-10)8-14-7-11(16(2)3)12-5-4-6-17-12/h4-6,9,11,14H,7-8H2,1-3H3. The first kappa shape index (κ1) is 13.3. The summed E-state index contributed by atoms with van der Waals surface area (Å²) in [6.07, 6.45) is 1.72. The molecule has 2 rings (SSSR count). The van der Waals surface area contributed by atoms with Gasteiger partial charge in [0.1, 0.15) is 10.8 Å². The van der Waals surface area contributed by atoms with Gasteiger partial charge >= 0.3 is 0 Å². The maximum absolute atomic E-state index is 5.47. The van der Waals surface area contributed by atoms with Crippen molar-refractivity contribution in [3.8, 4) is 0 Å². The highest BCUT2D eigenvalue weighted by Gasteiger charge is 2.16. The first-order chi connectivity index (χ1) is 8.66. The van der Waals surface area contributed by atoms with E-state index in [1.807, 2.05) is 19.1 Å². The molecule has 0 bridgehead atoms. The van der Waals surface area contributed by atoms with Crippen molar-refractivity contribution in [2.45, 2.75) is 19.5 Å². The van der Waals surface area contributed by atoms with Crippen molar-refractivity contribution >= 4 is 11.3 Å². The zero-order valence-corrected chi connectivity index (χ0v) is 11.8. The highest BCUT2D eigenvalue weighted by molar-refractivity contribution is 7.09. The molecule has 0 aliphatic heterocycles. The van der Waals surface area contributed by atoms with Crippen molar-refractivity contribution in [3.63, 3.8) is 0 Å². The summed E-state index contributed by atoms with van der Waals surface area (Å²) in [6.45, 7) is 3.67. The number of aromatic nitrogens is 1. The van der Waals surface area contributed by atoms with Crippen molar-refractivity contribution in [3.05, 3.63) is 40.2 Å². The fraction of sp³-hybridized carbons (Fsp3) is 0.462. The molecule has 0 radical (unpaired) electrons. The fourth-order valence-corrected chi connectivity index (χ4v) is 2.56. The second-order valence-electron chi connectivity index (χ2n) is 4.51. The van der Waals surface area contributed by atoms with Gasteiger partial charge in [0.25, 0.3) is 0 Å². The van der Waals surface area contributed by atoms with E-state index in [2.05, 4.69) is 34.7 Å². The van der Waals surface area contributed by atoms with Gasteiger partial charge in [0, 0.05) is 24.2 Å². The topological polar surface area (TPSA) is 41.3 Å². The van der Waals surface area contributed by atoms with Crippen LogP contribution < -0.4 is 5.32 Å². The van der Waals surface area contributed by atoms with Gasteiger partial charge in [-0.15, -0.1) is 11.3 Å². The average Bonchev–Trinajstić information content (AvgIpc) is 2.95. The van der Waals surface area contributed by atoms with Crippen LogP contribution in [0.5, 0.6) is 0 Å². The van der Waals surface area contributed by atoms with E-state index < -0.39 is 0 Å². The van der Waals surface area contributed by atoms with Gasteiger partial charge in [-0.25, -0.2) is 4.98 Å². The molecule has 2 aromatic heterocycles. The number of thiazole rings is 1. The molecule has 0 saturated heterocycles. The third-order valence-electron chi connectivity index (χ3n) is 2.78. The zero-order chi connectivity index (χ0) is 13.0. The van der Waals surface area contributed by atoms with Crippen LogP contribution in [0.4, 0.5) is 0 Å². The Hall–Kier alpha value is -1.17. The van der Waals surface area contributed by atoms with E-state index in [4.69, 9.17) is 4.42 Å². The lowest BCUT2D eigenvalue weighted by molar-refractivity contribution is 0.250. The minimum atomic E-state index is 0.251. The van der Waals surface area contributed by atoms with E-state index in [9.17, 15) is 0 Å². The second kappa shape index (κ2) is 6.13. The average molecular weight is 265 g/mol. The maximum Gasteiger partial charge on any atom is 0.122 e. The summed E-state index contributed by atoms with van der Waals surface area (Å²) in [7, 11) is 4.12. The van der Waals surface area contributed by atoms with Crippen molar-refractivity contribution < 1.29 is 4.42 Å². The van der Waals surface area contributed by atoms with E-state index in [1.165, 1.54) is 0 Å². The minimum Gasteiger partial charge on any atom is -0.468 e. The number of rotatable bonds is 6. The van der Waals surface area contributed by atoms with Crippen LogP contribution in [-0.4, -0.2) is 30.5 Å². The van der Waals surface area contributed by atoms with Crippen molar-refractivity contribution in [2.24, 2.45) is 0 Å². The molecule has 0 amide bonds. The molecule has 0 saturated carbocycles. The molecule has 0 aliphatic carbocycles. The van der Waals surface area contributed by atoms with E-state index in [0.717, 1.165) is 29.6 Å². The SMILES string of the molecule is Cc1csc(CNCC(c2ccco2)N(C)C)n1. The number of hydrogen-bond donors (Lipinski definition) is 1. The van der Waals surface area contributed by atoms with Crippen LogP contribution in [0.2, 0.25) is 0 Å². The summed E-state index contributed by atoms with van der Waals surface area (Å²) in [4.78, 5) is 6.59. The van der Waals surface area contributed by atoms with Crippen LogP contribution in [0, 0.1) is 6.92 Å². The third-order valence-corrected chi connectivity index (χ3v) is 3.74. The Bertz CT molecular complexity index is 464. The molecule has 0 aliphatic rings. The van der Waals surface area contributed by atoms with E-state index in [0.29, 0.717) is 0 Å². The van der Waals surface area contributed by atoms with Crippen LogP contribution in [0.1, 0.15) is 22.5 Å². The number of nitrogens with zero attached hydrogens (tertiary/aromatic N) is 2. The quantitative estimate of drug-likeness (QED) is 0.871. The van der Waals surface area contributed by atoms with Gasteiger partial charge in [-0.3, -0.25) is 4.90 Å². The van der Waals surface area contributed by atoms with Crippen LogP contribution in [-0.2, 0) is 6.54 Å². The summed E-state index contributed by atoms with van der Waals surface area (Å²) in [5, 5.41) is 6.64. The Balaban J connectivity index is 1.87. The lowest BCUT2D eigenvalue weighted by Crippen LogP contribution is -2.30. The lowest BCUT2D eigenvalue weighted by atomic mass is 10.2. The zero-order valence-electron chi connectivity index (χ0n) is 11.0. The summed E-state index contributed by atoms with van der Waals surface area (Å²) >= 11 is 1.70. The molecular weight excluding hydrogens is 246 g/mol. The molecular formula is C13H19N3OS. The molecule has 2 heterocycles. The molecule has 0 fully saturated rings. The van der Waals surface area contributed by atoms with Gasteiger partial charge in [0.15, 0.2) is 0 Å². The van der Waals surface area contributed by atoms with Gasteiger partial charge < -0.3 is 9.73 Å². The molecule has 98 valence electrons. The molecule has 2 aromatic rings. The number of nitrogens with one attached hydrogen (secondary N) is 1. The minimum absolute atomic E-state index is 0.251. The molecule has 1 atom stereocenters. The Labute approximate surface area is 112 Å². The lowest BCUT2D eigenvalue weighted by Gasteiger charge is -2.22. The number of furan rings is 1. The summed E-state index contributed by atoms with van der Waals surface area (Å²) in [6, 6.07) is 4.19. The second-order valence-corrected chi connectivity index (χ2v) is 5.45. The first-order valence-corrected chi connectivity index (χ1v) is 6.86. The molecule has 1 unspecified atom stereocenters. The van der Waals surface area contributed by atoms with Gasteiger partial charge in [0.2, 0.25) is 0 Å². The number of aryl methyl sites for hydroxylation is 1. The van der Waals surface area contributed by atoms with Crippen LogP contribution in [0.15, 0.2) is 28.2 Å². The predicted octanol–water partition coefficient (Wildman–Crippen LogP) is 2.44. The predicted molar refractivity (Wildman–Crippen MR) is 73.7 cm³/mol. The highest BCUT2D eigenvalue weighted by atomic mass is 32.1. The van der Waals surface area contributed by atoms with Gasteiger partial charge in [-0.05, 0) is 33.2 Å².